The summed E-state index contributed by atoms with van der Waals surface area (Å²) >= 11 is 0. The molecule has 0 spiro atoms. The van der Waals surface area contributed by atoms with Gasteiger partial charge in [-0.25, -0.2) is 8.42 Å². The van der Waals surface area contributed by atoms with Crippen molar-refractivity contribution in [3.8, 4) is 5.75 Å². The molecule has 7 nitrogen and oxygen atoms in total. The van der Waals surface area contributed by atoms with Crippen molar-refractivity contribution < 1.29 is 22.7 Å². The van der Waals surface area contributed by atoms with E-state index in [4.69, 9.17) is 9.47 Å². The number of hydrogen-bond acceptors (Lipinski definition) is 5. The van der Waals surface area contributed by atoms with E-state index in [1.165, 1.54) is 17.7 Å². The van der Waals surface area contributed by atoms with Crippen LogP contribution < -0.4 is 9.46 Å². The van der Waals surface area contributed by atoms with Gasteiger partial charge in [0, 0.05) is 18.8 Å². The summed E-state index contributed by atoms with van der Waals surface area (Å²) in [5.41, 5.74) is 1.71. The number of aryl methyl sites for hydroxylation is 1. The Morgan fingerprint density at radius 3 is 2.35 bits per heavy atom. The van der Waals surface area contributed by atoms with Gasteiger partial charge in [0.1, 0.15) is 5.75 Å². The molecule has 1 fully saturated rings. The van der Waals surface area contributed by atoms with Crippen LogP contribution >= 0.6 is 0 Å². The first kappa shape index (κ1) is 23.1. The lowest BCUT2D eigenvalue weighted by Crippen LogP contribution is -2.46. The molecule has 0 unspecified atom stereocenters. The molecule has 0 radical (unpaired) electrons. The fraction of sp³-hybridized carbons (Fsp3) is 0.435. The third-order valence-electron chi connectivity index (χ3n) is 5.14. The summed E-state index contributed by atoms with van der Waals surface area (Å²) in [7, 11) is -3.72. The lowest BCUT2D eigenvalue weighted by molar-refractivity contribution is -0.142. The molecule has 1 heterocycles. The molecule has 0 aromatic heterocycles. The Kier molecular flexibility index (Phi) is 7.92. The van der Waals surface area contributed by atoms with E-state index in [1.807, 2.05) is 12.1 Å². The highest BCUT2D eigenvalue weighted by Gasteiger charge is 2.24. The van der Waals surface area contributed by atoms with Crippen LogP contribution in [0.25, 0.3) is 0 Å². The van der Waals surface area contributed by atoms with Crippen LogP contribution in [-0.4, -0.2) is 51.6 Å². The number of nitrogens with one attached hydrogen (secondary N) is 1. The van der Waals surface area contributed by atoms with Crippen molar-refractivity contribution in [1.29, 1.82) is 0 Å². The number of amides is 1. The Hall–Kier alpha value is -2.58. The molecule has 3 rings (SSSR count). The van der Waals surface area contributed by atoms with Gasteiger partial charge < -0.3 is 14.4 Å². The second-order valence-electron chi connectivity index (χ2n) is 7.58. The zero-order valence-electron chi connectivity index (χ0n) is 18.0. The summed E-state index contributed by atoms with van der Waals surface area (Å²) in [6.45, 7) is 5.98. The molecular formula is C23H30N2O5S. The molecule has 0 bridgehead atoms. The van der Waals surface area contributed by atoms with E-state index in [2.05, 4.69) is 11.6 Å². The fourth-order valence-corrected chi connectivity index (χ4v) is 4.39. The van der Waals surface area contributed by atoms with Gasteiger partial charge in [-0.15, -0.1) is 0 Å². The van der Waals surface area contributed by atoms with Crippen LogP contribution in [-0.2, 0) is 26.0 Å². The second-order valence-corrected chi connectivity index (χ2v) is 9.26. The van der Waals surface area contributed by atoms with Crippen molar-refractivity contribution in [3.63, 3.8) is 0 Å². The molecule has 168 valence electrons. The Morgan fingerprint density at radius 1 is 1.10 bits per heavy atom. The number of anilines is 1. The second kappa shape index (κ2) is 10.6. The smallest absolute Gasteiger partial charge is 0.263 e. The largest absolute Gasteiger partial charge is 0.481 e. The maximum absolute atomic E-state index is 12.7. The number of morpholine rings is 1. The molecule has 1 amide bonds. The van der Waals surface area contributed by atoms with E-state index in [0.717, 1.165) is 19.3 Å². The third kappa shape index (κ3) is 6.45. The molecule has 0 saturated carbocycles. The predicted octanol–water partition coefficient (Wildman–Crippen LogP) is 3.46. The van der Waals surface area contributed by atoms with Gasteiger partial charge in [-0.3, -0.25) is 9.52 Å². The number of carbonyl (C=O) groups is 1. The van der Waals surface area contributed by atoms with Crippen molar-refractivity contribution in [2.75, 3.05) is 31.0 Å². The van der Waals surface area contributed by atoms with Crippen LogP contribution in [0, 0.1) is 0 Å². The minimum absolute atomic E-state index is 0.107. The Balaban J connectivity index is 1.59. The van der Waals surface area contributed by atoms with Crippen LogP contribution in [0.15, 0.2) is 53.4 Å². The van der Waals surface area contributed by atoms with Crippen molar-refractivity contribution in [2.24, 2.45) is 0 Å². The molecular weight excluding hydrogens is 416 g/mol. The molecule has 1 N–H and O–H groups in total. The Labute approximate surface area is 184 Å². The summed E-state index contributed by atoms with van der Waals surface area (Å²) in [5, 5.41) is 0. The summed E-state index contributed by atoms with van der Waals surface area (Å²) < 4.78 is 38.9. The highest BCUT2D eigenvalue weighted by Crippen LogP contribution is 2.21. The SMILES string of the molecule is CCCCc1ccc(NS(=O)(=O)c2ccc(O[C@@H](C)C(=O)N3CCOCC3)cc2)cc1. The third-order valence-corrected chi connectivity index (χ3v) is 6.54. The molecule has 2 aromatic carbocycles. The average Bonchev–Trinajstić information content (AvgIpc) is 2.79. The molecule has 8 heteroatoms. The summed E-state index contributed by atoms with van der Waals surface area (Å²) in [6.07, 6.45) is 2.55. The molecule has 31 heavy (non-hydrogen) atoms. The minimum Gasteiger partial charge on any atom is -0.481 e. The van der Waals surface area contributed by atoms with E-state index < -0.39 is 16.1 Å². The van der Waals surface area contributed by atoms with Gasteiger partial charge in [0.05, 0.1) is 18.1 Å². The number of hydrogen-bond donors (Lipinski definition) is 1. The van der Waals surface area contributed by atoms with Crippen molar-refractivity contribution in [2.45, 2.75) is 44.1 Å². The van der Waals surface area contributed by atoms with E-state index in [-0.39, 0.29) is 10.8 Å². The molecule has 1 atom stereocenters. The summed E-state index contributed by atoms with van der Waals surface area (Å²) in [6, 6.07) is 13.5. The first-order chi connectivity index (χ1) is 14.9. The maximum Gasteiger partial charge on any atom is 0.263 e. The normalized spacial score (nSPS) is 15.4. The number of sulfonamides is 1. The first-order valence-corrected chi connectivity index (χ1v) is 12.1. The van der Waals surface area contributed by atoms with E-state index in [1.54, 1.807) is 36.1 Å². The van der Waals surface area contributed by atoms with Crippen LogP contribution in [0.1, 0.15) is 32.3 Å². The van der Waals surface area contributed by atoms with Gasteiger partial charge in [-0.2, -0.15) is 0 Å². The topological polar surface area (TPSA) is 84.9 Å². The Bertz CT molecular complexity index is 952. The van der Waals surface area contributed by atoms with Crippen LogP contribution in [0.4, 0.5) is 5.69 Å². The minimum atomic E-state index is -3.72. The monoisotopic (exact) mass is 446 g/mol. The number of nitrogens with zero attached hydrogens (tertiary/aromatic N) is 1. The molecule has 1 aliphatic rings. The Morgan fingerprint density at radius 2 is 1.74 bits per heavy atom. The number of benzene rings is 2. The molecule has 0 aliphatic carbocycles. The number of ether oxygens (including phenoxy) is 2. The van der Waals surface area contributed by atoms with Crippen molar-refractivity contribution in [3.05, 3.63) is 54.1 Å². The standard InChI is InChI=1S/C23H30N2O5S/c1-3-4-5-19-6-8-20(9-7-19)24-31(27,28)22-12-10-21(11-13-22)30-18(2)23(26)25-14-16-29-17-15-25/h6-13,18,24H,3-5,14-17H2,1-2H3/t18-/m0/s1. The van der Waals surface area contributed by atoms with E-state index in [0.29, 0.717) is 37.7 Å². The summed E-state index contributed by atoms with van der Waals surface area (Å²) in [4.78, 5) is 14.3. The van der Waals surface area contributed by atoms with Crippen molar-refractivity contribution in [1.82, 2.24) is 4.90 Å². The number of rotatable bonds is 9. The lowest BCUT2D eigenvalue weighted by atomic mass is 10.1. The van der Waals surface area contributed by atoms with E-state index in [9.17, 15) is 13.2 Å². The maximum atomic E-state index is 12.7. The zero-order chi connectivity index (χ0) is 22.3. The van der Waals surface area contributed by atoms with Gasteiger partial charge in [-0.05, 0) is 61.7 Å². The van der Waals surface area contributed by atoms with Gasteiger partial charge in [0.25, 0.3) is 15.9 Å². The molecule has 1 saturated heterocycles. The highest BCUT2D eigenvalue weighted by molar-refractivity contribution is 7.92. The number of unbranched alkanes of at least 4 members (excludes halogenated alkanes) is 1. The average molecular weight is 447 g/mol. The van der Waals surface area contributed by atoms with Gasteiger partial charge in [0.2, 0.25) is 0 Å². The zero-order valence-corrected chi connectivity index (χ0v) is 18.9. The van der Waals surface area contributed by atoms with Crippen LogP contribution in [0.5, 0.6) is 5.75 Å². The van der Waals surface area contributed by atoms with Crippen molar-refractivity contribution >= 4 is 21.6 Å². The lowest BCUT2D eigenvalue weighted by Gasteiger charge is -2.29. The predicted molar refractivity (Wildman–Crippen MR) is 120 cm³/mol. The van der Waals surface area contributed by atoms with Gasteiger partial charge in [-0.1, -0.05) is 25.5 Å². The van der Waals surface area contributed by atoms with E-state index >= 15 is 0 Å². The fourth-order valence-electron chi connectivity index (χ4n) is 3.33. The quantitative estimate of drug-likeness (QED) is 0.638. The van der Waals surface area contributed by atoms with Crippen LogP contribution in [0.2, 0.25) is 0 Å². The highest BCUT2D eigenvalue weighted by atomic mass is 32.2. The van der Waals surface area contributed by atoms with Gasteiger partial charge >= 0.3 is 0 Å². The molecule has 1 aliphatic heterocycles. The molecule has 2 aromatic rings. The van der Waals surface area contributed by atoms with Crippen LogP contribution in [0.3, 0.4) is 0 Å². The first-order valence-electron chi connectivity index (χ1n) is 10.6. The number of carbonyl (C=O) groups excluding carboxylic acids is 1. The van der Waals surface area contributed by atoms with Gasteiger partial charge in [0.15, 0.2) is 6.10 Å². The summed E-state index contributed by atoms with van der Waals surface area (Å²) in [5.74, 6) is 0.331.